The van der Waals surface area contributed by atoms with E-state index in [0.29, 0.717) is 13.1 Å². The van der Waals surface area contributed by atoms with Gasteiger partial charge in [-0.3, -0.25) is 4.79 Å². The van der Waals surface area contributed by atoms with Gasteiger partial charge in [-0.2, -0.15) is 11.8 Å². The van der Waals surface area contributed by atoms with E-state index in [1.54, 1.807) is 35.7 Å². The van der Waals surface area contributed by atoms with Crippen LogP contribution >= 0.6 is 11.8 Å². The van der Waals surface area contributed by atoms with E-state index >= 15 is 0 Å². The number of thioether (sulfide) groups is 1. The highest BCUT2D eigenvalue weighted by Crippen LogP contribution is 2.19. The maximum atomic E-state index is 12.3. The third kappa shape index (κ3) is 5.07. The van der Waals surface area contributed by atoms with E-state index in [-0.39, 0.29) is 35.8 Å². The third-order valence-electron chi connectivity index (χ3n) is 3.86. The van der Waals surface area contributed by atoms with Gasteiger partial charge in [-0.15, -0.1) is 0 Å². The van der Waals surface area contributed by atoms with Crippen molar-refractivity contribution in [3.05, 3.63) is 0 Å². The Morgan fingerprint density at radius 3 is 2.67 bits per heavy atom. The number of carbonyl (C=O) groups excluding carboxylic acids is 2. The molecule has 1 rings (SSSR count). The standard InChI is InChI=1S/C14H27N3O3S/c1-10(12(9-18)21-4)15-13(19)11-6-5-7-17(8-11)14(20)16(2)3/h10-12,18H,5-9H2,1-4H3,(H,15,19). The zero-order valence-electron chi connectivity index (χ0n) is 13.3. The van der Waals surface area contributed by atoms with E-state index in [4.69, 9.17) is 0 Å². The molecular weight excluding hydrogens is 290 g/mol. The summed E-state index contributed by atoms with van der Waals surface area (Å²) in [7, 11) is 3.44. The number of hydrogen-bond donors (Lipinski definition) is 2. The van der Waals surface area contributed by atoms with Crippen LogP contribution in [-0.2, 0) is 4.79 Å². The number of rotatable bonds is 5. The van der Waals surface area contributed by atoms with E-state index in [0.717, 1.165) is 12.8 Å². The Morgan fingerprint density at radius 1 is 1.48 bits per heavy atom. The number of likely N-dealkylation sites (tertiary alicyclic amines) is 1. The molecule has 1 aliphatic rings. The van der Waals surface area contributed by atoms with Gasteiger partial charge in [0.15, 0.2) is 0 Å². The monoisotopic (exact) mass is 317 g/mol. The lowest BCUT2D eigenvalue weighted by Crippen LogP contribution is -2.51. The lowest BCUT2D eigenvalue weighted by Gasteiger charge is -2.34. The summed E-state index contributed by atoms with van der Waals surface area (Å²) in [5, 5.41) is 12.2. The van der Waals surface area contributed by atoms with Crippen LogP contribution in [0.5, 0.6) is 0 Å². The van der Waals surface area contributed by atoms with Gasteiger partial charge in [0.2, 0.25) is 5.91 Å². The van der Waals surface area contributed by atoms with Crippen molar-refractivity contribution >= 4 is 23.7 Å². The Morgan fingerprint density at radius 2 is 2.14 bits per heavy atom. The number of hydrogen-bond acceptors (Lipinski definition) is 4. The van der Waals surface area contributed by atoms with Gasteiger partial charge in [0.05, 0.1) is 12.5 Å². The van der Waals surface area contributed by atoms with Gasteiger partial charge in [-0.05, 0) is 26.0 Å². The van der Waals surface area contributed by atoms with Crippen LogP contribution in [-0.4, -0.2) is 78.2 Å². The predicted molar refractivity (Wildman–Crippen MR) is 85.4 cm³/mol. The van der Waals surface area contributed by atoms with Gasteiger partial charge in [0.25, 0.3) is 0 Å². The zero-order chi connectivity index (χ0) is 16.0. The molecule has 0 radical (unpaired) electrons. The van der Waals surface area contributed by atoms with Crippen LogP contribution in [0.2, 0.25) is 0 Å². The van der Waals surface area contributed by atoms with E-state index in [9.17, 15) is 14.7 Å². The van der Waals surface area contributed by atoms with E-state index < -0.39 is 0 Å². The summed E-state index contributed by atoms with van der Waals surface area (Å²) in [5.41, 5.74) is 0. The number of aliphatic hydroxyl groups is 1. The molecule has 1 heterocycles. The minimum Gasteiger partial charge on any atom is -0.395 e. The smallest absolute Gasteiger partial charge is 0.319 e. The second-order valence-electron chi connectivity index (χ2n) is 5.72. The largest absolute Gasteiger partial charge is 0.395 e. The molecule has 1 aliphatic heterocycles. The highest BCUT2D eigenvalue weighted by Gasteiger charge is 2.30. The summed E-state index contributed by atoms with van der Waals surface area (Å²) >= 11 is 1.54. The topological polar surface area (TPSA) is 72.9 Å². The lowest BCUT2D eigenvalue weighted by atomic mass is 9.97. The van der Waals surface area contributed by atoms with Gasteiger partial charge in [-0.1, -0.05) is 0 Å². The summed E-state index contributed by atoms with van der Waals surface area (Å²) in [4.78, 5) is 27.6. The predicted octanol–water partition coefficient (Wildman–Crippen LogP) is 0.609. The zero-order valence-corrected chi connectivity index (χ0v) is 14.2. The maximum absolute atomic E-state index is 12.3. The molecule has 6 nitrogen and oxygen atoms in total. The van der Waals surface area contributed by atoms with Gasteiger partial charge in [-0.25, -0.2) is 4.79 Å². The second-order valence-corrected chi connectivity index (χ2v) is 6.79. The van der Waals surface area contributed by atoms with E-state index in [1.165, 1.54) is 0 Å². The number of urea groups is 1. The SMILES string of the molecule is CSC(CO)C(C)NC(=O)C1CCCN(C(=O)N(C)C)C1. The van der Waals surface area contributed by atoms with E-state index in [2.05, 4.69) is 5.32 Å². The molecule has 2 N–H and O–H groups in total. The maximum Gasteiger partial charge on any atom is 0.319 e. The fraction of sp³-hybridized carbons (Fsp3) is 0.857. The first-order valence-electron chi connectivity index (χ1n) is 7.31. The van der Waals surface area contributed by atoms with Gasteiger partial charge >= 0.3 is 6.03 Å². The van der Waals surface area contributed by atoms with Crippen molar-refractivity contribution in [1.29, 1.82) is 0 Å². The first-order valence-corrected chi connectivity index (χ1v) is 8.59. The van der Waals surface area contributed by atoms with Crippen molar-refractivity contribution in [2.45, 2.75) is 31.1 Å². The summed E-state index contributed by atoms with van der Waals surface area (Å²) in [6.45, 7) is 3.12. The Balaban J connectivity index is 2.56. The number of nitrogens with zero attached hydrogens (tertiary/aromatic N) is 2. The van der Waals surface area contributed by atoms with Crippen LogP contribution in [0.3, 0.4) is 0 Å². The van der Waals surface area contributed by atoms with Gasteiger partial charge < -0.3 is 20.2 Å². The van der Waals surface area contributed by atoms with Crippen molar-refractivity contribution in [2.24, 2.45) is 5.92 Å². The van der Waals surface area contributed by atoms with E-state index in [1.807, 2.05) is 13.2 Å². The molecule has 0 bridgehead atoms. The quantitative estimate of drug-likeness (QED) is 0.779. The minimum absolute atomic E-state index is 0.00273. The number of amides is 3. The molecule has 0 aromatic heterocycles. The Hall–Kier alpha value is -0.950. The Kier molecular flexibility index (Phi) is 7.31. The fourth-order valence-corrected chi connectivity index (χ4v) is 3.15. The number of carbonyl (C=O) groups is 2. The fourth-order valence-electron chi connectivity index (χ4n) is 2.52. The normalized spacial score (nSPS) is 21.6. The summed E-state index contributed by atoms with van der Waals surface area (Å²) in [5.74, 6) is -0.183. The Labute approximate surface area is 131 Å². The van der Waals surface area contributed by atoms with Crippen molar-refractivity contribution in [1.82, 2.24) is 15.1 Å². The van der Waals surface area contributed by atoms with Crippen molar-refractivity contribution in [3.63, 3.8) is 0 Å². The second kappa shape index (κ2) is 8.48. The lowest BCUT2D eigenvalue weighted by molar-refractivity contribution is -0.127. The van der Waals surface area contributed by atoms with Crippen molar-refractivity contribution in [2.75, 3.05) is 40.0 Å². The highest BCUT2D eigenvalue weighted by atomic mass is 32.2. The number of aliphatic hydroxyl groups excluding tert-OH is 1. The van der Waals surface area contributed by atoms with Crippen LogP contribution in [0.4, 0.5) is 4.79 Å². The third-order valence-corrected chi connectivity index (χ3v) is 5.02. The number of nitrogens with one attached hydrogen (secondary N) is 1. The summed E-state index contributed by atoms with van der Waals surface area (Å²) in [6.07, 6.45) is 3.57. The molecule has 1 fully saturated rings. The molecule has 1 saturated heterocycles. The molecule has 0 saturated carbocycles. The molecule has 3 atom stereocenters. The van der Waals surface area contributed by atoms with Crippen LogP contribution in [0.1, 0.15) is 19.8 Å². The highest BCUT2D eigenvalue weighted by molar-refractivity contribution is 7.99. The molecule has 0 aromatic carbocycles. The molecular formula is C14H27N3O3S. The molecule has 0 aromatic rings. The first-order chi connectivity index (χ1) is 9.90. The van der Waals surface area contributed by atoms with Crippen LogP contribution in [0.15, 0.2) is 0 Å². The molecule has 3 unspecified atom stereocenters. The molecule has 3 amide bonds. The number of piperidine rings is 1. The van der Waals surface area contributed by atoms with Gasteiger partial charge in [0, 0.05) is 38.5 Å². The molecule has 122 valence electrons. The van der Waals surface area contributed by atoms with Crippen molar-refractivity contribution in [3.8, 4) is 0 Å². The molecule has 7 heteroatoms. The van der Waals surface area contributed by atoms with Crippen molar-refractivity contribution < 1.29 is 14.7 Å². The van der Waals surface area contributed by atoms with Crippen LogP contribution < -0.4 is 5.32 Å². The molecule has 0 aliphatic carbocycles. The Bertz CT molecular complexity index is 361. The summed E-state index contributed by atoms with van der Waals surface area (Å²) < 4.78 is 0. The average molecular weight is 317 g/mol. The van der Waals surface area contributed by atoms with Gasteiger partial charge in [0.1, 0.15) is 0 Å². The molecule has 0 spiro atoms. The van der Waals surface area contributed by atoms with Crippen LogP contribution in [0.25, 0.3) is 0 Å². The summed E-state index contributed by atoms with van der Waals surface area (Å²) in [6, 6.07) is -0.129. The molecule has 21 heavy (non-hydrogen) atoms. The van der Waals surface area contributed by atoms with Crippen LogP contribution in [0, 0.1) is 5.92 Å². The first kappa shape index (κ1) is 18.1. The average Bonchev–Trinajstić information content (AvgIpc) is 2.47. The minimum atomic E-state index is -0.161.